The van der Waals surface area contributed by atoms with Gasteiger partial charge in [0, 0.05) is 42.3 Å². The lowest BCUT2D eigenvalue weighted by Crippen LogP contribution is -2.52. The second kappa shape index (κ2) is 16.3. The Balaban J connectivity index is 0.000000677. The molecule has 52 heavy (non-hydrogen) atoms. The smallest absolute Gasteiger partial charge is 0.328 e. The third-order valence-corrected chi connectivity index (χ3v) is 8.04. The van der Waals surface area contributed by atoms with E-state index in [1.54, 1.807) is 80.4 Å². The summed E-state index contributed by atoms with van der Waals surface area (Å²) in [5.41, 5.74) is 5.43. The Bertz CT molecular complexity index is 2180. The van der Waals surface area contributed by atoms with Crippen LogP contribution in [0.4, 0.5) is 5.82 Å². The predicted octanol–water partition coefficient (Wildman–Crippen LogP) is 4.09. The van der Waals surface area contributed by atoms with E-state index in [1.165, 1.54) is 17.8 Å². The largest absolute Gasteiger partial charge is 0.497 e. The lowest BCUT2D eigenvalue weighted by Gasteiger charge is -2.28. The van der Waals surface area contributed by atoms with Crippen LogP contribution in [0, 0.1) is 12.8 Å². The highest BCUT2D eigenvalue weighted by Gasteiger charge is 2.36. The average Bonchev–Trinajstić information content (AvgIpc) is 3.36. The SMILES string of the molecule is COc1ccc2c(Oc3ccc(NC(=O)c4c(C)n(C[C@@H](C)[C@](C)(N)C(=O)O)n(-c5ccccc5)c4=O)nc3)ccnc2c1.O=C(O)/C=C\C(=O)O. The molecule has 5 aromatic rings. The van der Waals surface area contributed by atoms with Crippen molar-refractivity contribution >= 4 is 40.5 Å². The maximum atomic E-state index is 13.7. The highest BCUT2D eigenvalue weighted by molar-refractivity contribution is 6.04. The number of pyridine rings is 2. The van der Waals surface area contributed by atoms with Crippen LogP contribution >= 0.6 is 0 Å². The molecule has 0 radical (unpaired) electrons. The number of carbonyl (C=O) groups is 4. The van der Waals surface area contributed by atoms with Gasteiger partial charge in [0.15, 0.2) is 0 Å². The van der Waals surface area contributed by atoms with Crippen molar-refractivity contribution in [2.45, 2.75) is 32.9 Å². The number of carbonyl (C=O) groups excluding carboxylic acids is 1. The van der Waals surface area contributed by atoms with Gasteiger partial charge < -0.3 is 35.8 Å². The van der Waals surface area contributed by atoms with Crippen molar-refractivity contribution < 1.29 is 44.0 Å². The summed E-state index contributed by atoms with van der Waals surface area (Å²) >= 11 is 0. The molecule has 3 heterocycles. The van der Waals surface area contributed by atoms with Gasteiger partial charge in [-0.25, -0.2) is 19.3 Å². The van der Waals surface area contributed by atoms with E-state index >= 15 is 0 Å². The van der Waals surface area contributed by atoms with Gasteiger partial charge in [0.2, 0.25) is 0 Å². The molecule has 2 aromatic carbocycles. The van der Waals surface area contributed by atoms with Crippen molar-refractivity contribution in [2.24, 2.45) is 11.7 Å². The number of nitrogens with two attached hydrogens (primary N) is 1. The molecule has 0 unspecified atom stereocenters. The fourth-order valence-corrected chi connectivity index (χ4v) is 4.90. The number of benzene rings is 2. The van der Waals surface area contributed by atoms with Crippen LogP contribution in [-0.2, 0) is 20.9 Å². The van der Waals surface area contributed by atoms with Crippen LogP contribution in [0.2, 0.25) is 0 Å². The highest BCUT2D eigenvalue weighted by atomic mass is 16.5. The molecule has 3 aromatic heterocycles. The summed E-state index contributed by atoms with van der Waals surface area (Å²) in [7, 11) is 1.59. The molecular formula is C36H36N6O10. The number of nitrogens with zero attached hydrogens (tertiary/aromatic N) is 4. The first kappa shape index (κ1) is 38.0. The van der Waals surface area contributed by atoms with E-state index in [1.807, 2.05) is 18.2 Å². The van der Waals surface area contributed by atoms with Crippen molar-refractivity contribution in [3.63, 3.8) is 0 Å². The zero-order chi connectivity index (χ0) is 38.2. The van der Waals surface area contributed by atoms with Crippen LogP contribution in [0.5, 0.6) is 17.2 Å². The van der Waals surface area contributed by atoms with Crippen molar-refractivity contribution in [1.82, 2.24) is 19.3 Å². The standard InChI is InChI=1S/C32H32N6O6.C4H4O4/c1-19(32(3,33)31(41)42)18-37-20(2)28(30(40)38(37)21-8-6-5-7-9-21)29(39)36-27-13-11-23(17-35-27)44-26-14-15-34-25-16-22(43-4)10-12-24(25)26;5-3(6)1-2-4(7)8/h5-17,19H,18,33H2,1-4H3,(H,41,42)(H,35,36,39);1-2H,(H,5,6)(H,7,8)/b;2-1-/t19-,32+;/m1./s1. The summed E-state index contributed by atoms with van der Waals surface area (Å²) in [5, 5.41) is 28.7. The Kier molecular flexibility index (Phi) is 11.9. The molecule has 0 bridgehead atoms. The lowest BCUT2D eigenvalue weighted by atomic mass is 9.88. The van der Waals surface area contributed by atoms with E-state index in [4.69, 9.17) is 25.4 Å². The normalized spacial score (nSPS) is 12.6. The Labute approximate surface area is 296 Å². The van der Waals surface area contributed by atoms with Crippen LogP contribution < -0.4 is 26.1 Å². The number of amides is 1. The second-order valence-corrected chi connectivity index (χ2v) is 11.6. The second-order valence-electron chi connectivity index (χ2n) is 11.6. The number of methoxy groups -OCH3 is 1. The number of fused-ring (bicyclic) bond motifs is 1. The maximum Gasteiger partial charge on any atom is 0.328 e. The number of nitrogens with one attached hydrogen (secondary N) is 1. The molecule has 6 N–H and O–H groups in total. The lowest BCUT2D eigenvalue weighted by molar-refractivity contribution is -0.144. The van der Waals surface area contributed by atoms with E-state index in [2.05, 4.69) is 15.3 Å². The Morgan fingerprint density at radius 2 is 1.62 bits per heavy atom. The molecular weight excluding hydrogens is 676 g/mol. The monoisotopic (exact) mass is 712 g/mol. The number of aliphatic carboxylic acids is 3. The van der Waals surface area contributed by atoms with Crippen molar-refractivity contribution in [1.29, 1.82) is 0 Å². The summed E-state index contributed by atoms with van der Waals surface area (Å²) < 4.78 is 14.2. The zero-order valence-corrected chi connectivity index (χ0v) is 28.5. The van der Waals surface area contributed by atoms with Gasteiger partial charge in [-0.1, -0.05) is 25.1 Å². The molecule has 16 nitrogen and oxygen atoms in total. The highest BCUT2D eigenvalue weighted by Crippen LogP contribution is 2.31. The third kappa shape index (κ3) is 8.85. The van der Waals surface area contributed by atoms with E-state index in [0.717, 1.165) is 5.39 Å². The number of para-hydroxylation sites is 1. The number of hydrogen-bond donors (Lipinski definition) is 5. The summed E-state index contributed by atoms with van der Waals surface area (Å²) in [6.07, 6.45) is 4.21. The number of carboxylic acids is 3. The van der Waals surface area contributed by atoms with Crippen molar-refractivity contribution in [2.75, 3.05) is 12.4 Å². The van der Waals surface area contributed by atoms with Crippen LogP contribution in [0.25, 0.3) is 16.6 Å². The van der Waals surface area contributed by atoms with Crippen molar-refractivity contribution in [3.05, 3.63) is 113 Å². The van der Waals surface area contributed by atoms with Crippen LogP contribution in [0.15, 0.2) is 96.1 Å². The molecule has 0 saturated heterocycles. The minimum Gasteiger partial charge on any atom is -0.497 e. The Morgan fingerprint density at radius 1 is 0.962 bits per heavy atom. The Morgan fingerprint density at radius 3 is 2.19 bits per heavy atom. The van der Waals surface area contributed by atoms with E-state index in [9.17, 15) is 29.1 Å². The van der Waals surface area contributed by atoms with Crippen LogP contribution in [-0.4, -0.2) is 71.1 Å². The molecule has 0 aliphatic heterocycles. The summed E-state index contributed by atoms with van der Waals surface area (Å²) in [4.78, 5) is 66.7. The third-order valence-electron chi connectivity index (χ3n) is 8.04. The number of rotatable bonds is 12. The molecule has 0 aliphatic rings. The van der Waals surface area contributed by atoms with Crippen molar-refractivity contribution in [3.8, 4) is 22.9 Å². The number of aromatic nitrogens is 4. The molecule has 1 amide bonds. The first-order chi connectivity index (χ1) is 24.6. The Hall–Kier alpha value is -6.81. The fraction of sp³-hybridized carbons (Fsp3) is 0.194. The average molecular weight is 713 g/mol. The molecule has 0 aliphatic carbocycles. The summed E-state index contributed by atoms with van der Waals surface area (Å²) in [6, 6.07) is 19.2. The van der Waals surface area contributed by atoms with Crippen LogP contribution in [0.1, 0.15) is 29.9 Å². The van der Waals surface area contributed by atoms with Gasteiger partial charge in [-0.05, 0) is 56.3 Å². The van der Waals surface area contributed by atoms with Crippen LogP contribution in [0.3, 0.4) is 0 Å². The first-order valence-electron chi connectivity index (χ1n) is 15.6. The van der Waals surface area contributed by atoms with Gasteiger partial charge in [-0.15, -0.1) is 0 Å². The number of hydrogen-bond acceptors (Lipinski definition) is 10. The minimum atomic E-state index is -1.57. The van der Waals surface area contributed by atoms with Gasteiger partial charge in [0.1, 0.15) is 34.2 Å². The van der Waals surface area contributed by atoms with Gasteiger partial charge in [-0.2, -0.15) is 0 Å². The molecule has 16 heteroatoms. The quantitative estimate of drug-likeness (QED) is 0.115. The van der Waals surface area contributed by atoms with E-state index in [0.29, 0.717) is 46.3 Å². The molecule has 0 spiro atoms. The summed E-state index contributed by atoms with van der Waals surface area (Å²) in [5.74, 6) is -3.05. The van der Waals surface area contributed by atoms with Gasteiger partial charge >= 0.3 is 17.9 Å². The minimum absolute atomic E-state index is 0.0727. The van der Waals surface area contributed by atoms with E-state index < -0.39 is 40.8 Å². The molecule has 0 saturated carbocycles. The zero-order valence-electron chi connectivity index (χ0n) is 28.5. The van der Waals surface area contributed by atoms with Gasteiger partial charge in [-0.3, -0.25) is 24.0 Å². The first-order valence-corrected chi connectivity index (χ1v) is 15.6. The predicted molar refractivity (Wildman–Crippen MR) is 189 cm³/mol. The molecule has 5 rings (SSSR count). The topological polar surface area (TPSA) is 238 Å². The van der Waals surface area contributed by atoms with Gasteiger partial charge in [0.25, 0.3) is 11.5 Å². The summed E-state index contributed by atoms with van der Waals surface area (Å²) in [6.45, 7) is 4.82. The maximum absolute atomic E-state index is 13.7. The molecule has 0 fully saturated rings. The number of ether oxygens (including phenoxy) is 2. The van der Waals surface area contributed by atoms with Gasteiger partial charge in [0.05, 0.1) is 30.2 Å². The van der Waals surface area contributed by atoms with E-state index in [-0.39, 0.29) is 17.9 Å². The fourth-order valence-electron chi connectivity index (χ4n) is 4.90. The number of carboxylic acid groups (broad SMARTS) is 3. The molecule has 2 atom stereocenters. The number of anilines is 1. The molecule has 270 valence electrons.